The quantitative estimate of drug-likeness (QED) is 0.887. The molecule has 0 fully saturated rings. The van der Waals surface area contributed by atoms with Crippen LogP contribution >= 0.6 is 0 Å². The van der Waals surface area contributed by atoms with E-state index in [1.54, 1.807) is 16.6 Å². The molecule has 1 heterocycles. The SMILES string of the molecule is CC(C)CN(CC(=O)Nc1cc(C(C)(C)C)nn1C)C(=O)C(C)(C)C. The highest BCUT2D eigenvalue weighted by atomic mass is 16.2. The zero-order valence-corrected chi connectivity index (χ0v) is 17.2. The molecule has 0 radical (unpaired) electrons. The predicted molar refractivity (Wildman–Crippen MR) is 101 cm³/mol. The van der Waals surface area contributed by atoms with Crippen molar-refractivity contribution < 1.29 is 9.59 Å². The fourth-order valence-electron chi connectivity index (χ4n) is 2.44. The van der Waals surface area contributed by atoms with E-state index in [-0.39, 0.29) is 23.8 Å². The van der Waals surface area contributed by atoms with E-state index in [1.807, 2.05) is 40.7 Å². The van der Waals surface area contributed by atoms with Crippen molar-refractivity contribution in [1.82, 2.24) is 14.7 Å². The number of aryl methyl sites for hydroxylation is 1. The summed E-state index contributed by atoms with van der Waals surface area (Å²) in [4.78, 5) is 26.8. The average molecular weight is 351 g/mol. The van der Waals surface area contributed by atoms with E-state index in [4.69, 9.17) is 0 Å². The van der Waals surface area contributed by atoms with Crippen molar-refractivity contribution >= 4 is 17.6 Å². The Morgan fingerprint density at radius 2 is 1.76 bits per heavy atom. The number of aromatic nitrogens is 2. The van der Waals surface area contributed by atoms with Crippen LogP contribution in [0.3, 0.4) is 0 Å². The highest BCUT2D eigenvalue weighted by Gasteiger charge is 2.29. The van der Waals surface area contributed by atoms with Crippen molar-refractivity contribution in [2.45, 2.75) is 60.8 Å². The Labute approximate surface area is 152 Å². The maximum Gasteiger partial charge on any atom is 0.245 e. The van der Waals surface area contributed by atoms with Gasteiger partial charge in [0.1, 0.15) is 5.82 Å². The van der Waals surface area contributed by atoms with Crippen molar-refractivity contribution in [2.24, 2.45) is 18.4 Å². The minimum absolute atomic E-state index is 0.0169. The van der Waals surface area contributed by atoms with Crippen molar-refractivity contribution in [3.05, 3.63) is 11.8 Å². The zero-order valence-electron chi connectivity index (χ0n) is 17.2. The molecule has 1 aromatic heterocycles. The van der Waals surface area contributed by atoms with Crippen LogP contribution in [-0.4, -0.2) is 39.6 Å². The molecule has 1 aromatic rings. The third kappa shape index (κ3) is 6.18. The average Bonchev–Trinajstić information content (AvgIpc) is 2.77. The van der Waals surface area contributed by atoms with E-state index >= 15 is 0 Å². The van der Waals surface area contributed by atoms with Gasteiger partial charge in [-0.1, -0.05) is 55.4 Å². The largest absolute Gasteiger partial charge is 0.333 e. The number of nitrogens with zero attached hydrogens (tertiary/aromatic N) is 3. The molecule has 2 amide bonds. The fourth-order valence-corrected chi connectivity index (χ4v) is 2.44. The minimum Gasteiger partial charge on any atom is -0.333 e. The Kier molecular flexibility index (Phi) is 6.43. The van der Waals surface area contributed by atoms with E-state index in [0.717, 1.165) is 5.69 Å². The van der Waals surface area contributed by atoms with Crippen LogP contribution < -0.4 is 5.32 Å². The number of hydrogen-bond acceptors (Lipinski definition) is 3. The van der Waals surface area contributed by atoms with Gasteiger partial charge in [0.15, 0.2) is 0 Å². The number of amides is 2. The third-order valence-electron chi connectivity index (χ3n) is 3.76. The van der Waals surface area contributed by atoms with E-state index in [1.165, 1.54) is 0 Å². The minimum atomic E-state index is -0.513. The van der Waals surface area contributed by atoms with Crippen LogP contribution in [0.4, 0.5) is 5.82 Å². The molecule has 6 heteroatoms. The van der Waals surface area contributed by atoms with E-state index < -0.39 is 5.41 Å². The second kappa shape index (κ2) is 7.58. The second-order valence-corrected chi connectivity index (χ2v) is 9.17. The summed E-state index contributed by atoms with van der Waals surface area (Å²) in [6.45, 7) is 16.5. The molecule has 0 atom stereocenters. The summed E-state index contributed by atoms with van der Waals surface area (Å²) in [5.74, 6) is 0.712. The molecule has 0 aliphatic rings. The second-order valence-electron chi connectivity index (χ2n) is 9.17. The molecule has 1 N–H and O–H groups in total. The van der Waals surface area contributed by atoms with Crippen molar-refractivity contribution in [1.29, 1.82) is 0 Å². The third-order valence-corrected chi connectivity index (χ3v) is 3.76. The first-order valence-electron chi connectivity index (χ1n) is 8.85. The van der Waals surface area contributed by atoms with Crippen molar-refractivity contribution in [3.63, 3.8) is 0 Å². The molecule has 0 unspecified atom stereocenters. The first-order chi connectivity index (χ1) is 11.2. The molecule has 0 aromatic carbocycles. The first-order valence-corrected chi connectivity index (χ1v) is 8.85. The lowest BCUT2D eigenvalue weighted by Gasteiger charge is -2.30. The molecule has 0 saturated heterocycles. The summed E-state index contributed by atoms with van der Waals surface area (Å²) in [7, 11) is 1.80. The first kappa shape index (κ1) is 21.2. The molecule has 1 rings (SSSR count). The summed E-state index contributed by atoms with van der Waals surface area (Å²) >= 11 is 0. The molecule has 25 heavy (non-hydrogen) atoms. The van der Waals surface area contributed by atoms with Gasteiger partial charge in [-0.2, -0.15) is 5.10 Å². The van der Waals surface area contributed by atoms with Crippen LogP contribution in [0.15, 0.2) is 6.07 Å². The summed E-state index contributed by atoms with van der Waals surface area (Å²) in [6.07, 6.45) is 0. The van der Waals surface area contributed by atoms with E-state index in [2.05, 4.69) is 31.2 Å². The van der Waals surface area contributed by atoms with Crippen LogP contribution in [0.2, 0.25) is 0 Å². The zero-order chi connectivity index (χ0) is 19.6. The Hall–Kier alpha value is -1.85. The van der Waals surface area contributed by atoms with Gasteiger partial charge in [-0.05, 0) is 5.92 Å². The van der Waals surface area contributed by atoms with E-state index in [9.17, 15) is 9.59 Å². The Morgan fingerprint density at radius 1 is 1.20 bits per heavy atom. The molecular weight excluding hydrogens is 316 g/mol. The highest BCUT2D eigenvalue weighted by Crippen LogP contribution is 2.23. The maximum absolute atomic E-state index is 12.6. The van der Waals surface area contributed by atoms with Crippen LogP contribution in [0, 0.1) is 11.3 Å². The van der Waals surface area contributed by atoms with Crippen LogP contribution in [-0.2, 0) is 22.1 Å². The number of anilines is 1. The Balaban J connectivity index is 2.88. The smallest absolute Gasteiger partial charge is 0.245 e. The van der Waals surface area contributed by atoms with Crippen molar-refractivity contribution in [3.8, 4) is 0 Å². The van der Waals surface area contributed by atoms with Crippen LogP contribution in [0.5, 0.6) is 0 Å². The van der Waals surface area contributed by atoms with Gasteiger partial charge in [0.25, 0.3) is 0 Å². The Morgan fingerprint density at radius 3 is 2.16 bits per heavy atom. The van der Waals surface area contributed by atoms with Gasteiger partial charge in [0.05, 0.1) is 12.2 Å². The number of rotatable bonds is 5. The molecule has 0 spiro atoms. The van der Waals surface area contributed by atoms with Crippen LogP contribution in [0.1, 0.15) is 61.1 Å². The van der Waals surface area contributed by atoms with Crippen LogP contribution in [0.25, 0.3) is 0 Å². The molecular formula is C19H34N4O2. The number of nitrogens with one attached hydrogen (secondary N) is 1. The maximum atomic E-state index is 12.6. The van der Waals surface area contributed by atoms with Gasteiger partial charge in [-0.15, -0.1) is 0 Å². The summed E-state index contributed by atoms with van der Waals surface area (Å²) in [6, 6.07) is 1.89. The molecule has 142 valence electrons. The summed E-state index contributed by atoms with van der Waals surface area (Å²) in [5.41, 5.74) is 0.309. The number of carbonyl (C=O) groups is 2. The van der Waals surface area contributed by atoms with Gasteiger partial charge in [-0.3, -0.25) is 14.3 Å². The molecule has 6 nitrogen and oxygen atoms in total. The fraction of sp³-hybridized carbons (Fsp3) is 0.737. The van der Waals surface area contributed by atoms with Gasteiger partial charge in [0, 0.05) is 30.5 Å². The molecule has 0 aliphatic heterocycles. The Bertz CT molecular complexity index is 618. The van der Waals surface area contributed by atoms with Crippen molar-refractivity contribution in [2.75, 3.05) is 18.4 Å². The van der Waals surface area contributed by atoms with Gasteiger partial charge in [-0.25, -0.2) is 0 Å². The van der Waals surface area contributed by atoms with E-state index in [0.29, 0.717) is 18.3 Å². The number of hydrogen-bond donors (Lipinski definition) is 1. The lowest BCUT2D eigenvalue weighted by atomic mass is 9.92. The lowest BCUT2D eigenvalue weighted by molar-refractivity contribution is -0.142. The topological polar surface area (TPSA) is 67.2 Å². The summed E-state index contributed by atoms with van der Waals surface area (Å²) in [5, 5.41) is 7.34. The molecule has 0 saturated carbocycles. The normalized spacial score (nSPS) is 12.4. The predicted octanol–water partition coefficient (Wildman–Crippen LogP) is 3.19. The number of carbonyl (C=O) groups excluding carboxylic acids is 2. The molecule has 0 aliphatic carbocycles. The lowest BCUT2D eigenvalue weighted by Crippen LogP contribution is -2.45. The highest BCUT2D eigenvalue weighted by molar-refractivity contribution is 5.94. The molecule has 0 bridgehead atoms. The summed E-state index contributed by atoms with van der Waals surface area (Å²) < 4.78 is 1.66. The van der Waals surface area contributed by atoms with Gasteiger partial charge < -0.3 is 10.2 Å². The van der Waals surface area contributed by atoms with Gasteiger partial charge in [0.2, 0.25) is 11.8 Å². The van der Waals surface area contributed by atoms with Gasteiger partial charge >= 0.3 is 0 Å². The monoisotopic (exact) mass is 350 g/mol. The standard InChI is InChI=1S/C19H34N4O2/c1-13(2)11-23(17(25)19(6,7)8)12-16(24)20-15-10-14(18(3,4)5)21-22(15)9/h10,13H,11-12H2,1-9H3,(H,20,24).